The lowest BCUT2D eigenvalue weighted by Gasteiger charge is -2.43. The van der Waals surface area contributed by atoms with Gasteiger partial charge in [0, 0.05) is 6.54 Å². The first-order chi connectivity index (χ1) is 8.83. The van der Waals surface area contributed by atoms with Gasteiger partial charge in [0.1, 0.15) is 0 Å². The van der Waals surface area contributed by atoms with Gasteiger partial charge in [-0.3, -0.25) is 4.79 Å². The van der Waals surface area contributed by atoms with Crippen LogP contribution >= 0.6 is 0 Å². The third-order valence-electron chi connectivity index (χ3n) is 4.27. The summed E-state index contributed by atoms with van der Waals surface area (Å²) in [6, 6.07) is -0.281. The van der Waals surface area contributed by atoms with Gasteiger partial charge in [-0.05, 0) is 19.9 Å². The van der Waals surface area contributed by atoms with Crippen molar-refractivity contribution in [1.82, 2.24) is 10.5 Å². The summed E-state index contributed by atoms with van der Waals surface area (Å²) < 4.78 is 5.69. The monoisotopic (exact) mass is 271 g/mol. The van der Waals surface area contributed by atoms with Crippen LogP contribution in [0.25, 0.3) is 0 Å². The number of carbonyl (C=O) groups excluding carboxylic acids is 1. The highest BCUT2D eigenvalue weighted by Crippen LogP contribution is 2.35. The summed E-state index contributed by atoms with van der Waals surface area (Å²) in [6.07, 6.45) is 0.792. The van der Waals surface area contributed by atoms with E-state index in [4.69, 9.17) is 4.65 Å². The van der Waals surface area contributed by atoms with Crippen molar-refractivity contribution in [3.63, 3.8) is 0 Å². The van der Waals surface area contributed by atoms with E-state index in [1.807, 2.05) is 0 Å². The van der Waals surface area contributed by atoms with Crippen molar-refractivity contribution in [2.75, 3.05) is 13.6 Å². The van der Waals surface area contributed by atoms with E-state index in [9.17, 15) is 9.90 Å². The molecule has 0 amide bonds. The zero-order chi connectivity index (χ0) is 14.6. The second kappa shape index (κ2) is 6.73. The van der Waals surface area contributed by atoms with Gasteiger partial charge in [0.05, 0.1) is 12.1 Å². The van der Waals surface area contributed by atoms with E-state index >= 15 is 0 Å². The molecule has 2 atom stereocenters. The van der Waals surface area contributed by atoms with Gasteiger partial charge in [0.25, 0.3) is 5.97 Å². The molecule has 1 fully saturated rings. The molecular formula is C13H28BN2O3-. The van der Waals surface area contributed by atoms with Crippen molar-refractivity contribution >= 4 is 12.5 Å². The van der Waals surface area contributed by atoms with E-state index < -0.39 is 12.6 Å². The van der Waals surface area contributed by atoms with Gasteiger partial charge < -0.3 is 20.3 Å². The molecule has 3 N–H and O–H groups in total. The normalized spacial score (nSPS) is 24.0. The van der Waals surface area contributed by atoms with E-state index in [0.717, 1.165) is 0 Å². The number of hydrogen-bond acceptors (Lipinski definition) is 5. The first-order valence-electron chi connectivity index (χ1n) is 7.32. The van der Waals surface area contributed by atoms with Crippen LogP contribution < -0.4 is 10.5 Å². The Labute approximate surface area is 116 Å². The Morgan fingerprint density at radius 1 is 1.37 bits per heavy atom. The maximum atomic E-state index is 12.0. The van der Waals surface area contributed by atoms with Crippen molar-refractivity contribution in [1.29, 1.82) is 0 Å². The zero-order valence-electron chi connectivity index (χ0n) is 12.8. The molecule has 0 spiro atoms. The van der Waals surface area contributed by atoms with Crippen LogP contribution in [0, 0.1) is 0 Å². The molecule has 0 saturated carbocycles. The number of rotatable bonds is 7. The van der Waals surface area contributed by atoms with Crippen molar-refractivity contribution in [3.05, 3.63) is 0 Å². The first-order valence-corrected chi connectivity index (χ1v) is 7.32. The summed E-state index contributed by atoms with van der Waals surface area (Å²) in [4.78, 5) is 12.0. The van der Waals surface area contributed by atoms with Crippen molar-refractivity contribution < 1.29 is 14.6 Å². The number of aliphatic hydroxyl groups excluding tert-OH is 1. The average Bonchev–Trinajstić information content (AvgIpc) is 2.66. The van der Waals surface area contributed by atoms with E-state index in [1.165, 1.54) is 0 Å². The molecule has 0 aromatic carbocycles. The van der Waals surface area contributed by atoms with Gasteiger partial charge in [0.2, 0.25) is 6.48 Å². The van der Waals surface area contributed by atoms with Crippen LogP contribution in [-0.4, -0.2) is 43.3 Å². The minimum absolute atomic E-state index is 0.168. The SMILES string of the molecule is CNCC(O)CCC1N[B-](C(C)C)(C(C)C)OC1=O. The van der Waals surface area contributed by atoms with E-state index in [0.29, 0.717) is 19.4 Å². The van der Waals surface area contributed by atoms with Crippen LogP contribution in [0.15, 0.2) is 0 Å². The first kappa shape index (κ1) is 16.5. The van der Waals surface area contributed by atoms with Crippen LogP contribution in [0.1, 0.15) is 40.5 Å². The topological polar surface area (TPSA) is 70.6 Å². The van der Waals surface area contributed by atoms with Gasteiger partial charge in [-0.25, -0.2) is 0 Å². The molecular weight excluding hydrogens is 243 g/mol. The standard InChI is InChI=1S/C13H28BN2O3/c1-9(2)14(10(3)4)16-12(13(18)19-14)7-6-11(17)8-15-5/h9-12,15-17H,6-8H2,1-5H3/q-1. The molecule has 1 aliphatic rings. The highest BCUT2D eigenvalue weighted by molar-refractivity contribution is 6.77. The molecule has 2 unspecified atom stereocenters. The minimum atomic E-state index is -1.31. The Balaban J connectivity index is 2.61. The number of aliphatic hydroxyl groups is 1. The fourth-order valence-electron chi connectivity index (χ4n) is 3.02. The van der Waals surface area contributed by atoms with Gasteiger partial charge in [-0.2, -0.15) is 0 Å². The predicted molar refractivity (Wildman–Crippen MR) is 78.1 cm³/mol. The molecule has 0 aromatic heterocycles. The average molecular weight is 271 g/mol. The van der Waals surface area contributed by atoms with Crippen molar-refractivity contribution in [3.8, 4) is 0 Å². The highest BCUT2D eigenvalue weighted by atomic mass is 16.5. The maximum absolute atomic E-state index is 12.0. The molecule has 1 aliphatic heterocycles. The van der Waals surface area contributed by atoms with Gasteiger partial charge in [-0.15, -0.1) is 11.6 Å². The lowest BCUT2D eigenvalue weighted by atomic mass is 9.37. The summed E-state index contributed by atoms with van der Waals surface area (Å²) in [6.45, 7) is 7.57. The molecule has 0 radical (unpaired) electrons. The predicted octanol–water partition coefficient (Wildman–Crippen LogP) is 1.12. The fraction of sp³-hybridized carbons (Fsp3) is 0.923. The largest absolute Gasteiger partial charge is 0.673 e. The zero-order valence-corrected chi connectivity index (χ0v) is 12.8. The Morgan fingerprint density at radius 3 is 2.37 bits per heavy atom. The minimum Gasteiger partial charge on any atom is -0.673 e. The number of carbonyl (C=O) groups is 1. The maximum Gasteiger partial charge on any atom is 0.273 e. The van der Waals surface area contributed by atoms with Crippen LogP contribution in [0.3, 0.4) is 0 Å². The Bertz CT molecular complexity index is 302. The number of nitrogens with one attached hydrogen (secondary N) is 2. The fourth-order valence-corrected chi connectivity index (χ4v) is 3.02. The molecule has 1 rings (SSSR count). The summed E-state index contributed by atoms with van der Waals surface area (Å²) in [7, 11) is 1.80. The smallest absolute Gasteiger partial charge is 0.273 e. The molecule has 1 saturated heterocycles. The van der Waals surface area contributed by atoms with Gasteiger partial charge in [-0.1, -0.05) is 27.7 Å². The van der Waals surface area contributed by atoms with Crippen LogP contribution in [0.4, 0.5) is 0 Å². The second-order valence-corrected chi connectivity index (χ2v) is 6.35. The summed E-state index contributed by atoms with van der Waals surface area (Å²) in [5, 5.41) is 16.0. The molecule has 0 aliphatic carbocycles. The van der Waals surface area contributed by atoms with Crippen LogP contribution in [0.2, 0.25) is 11.6 Å². The summed E-state index contributed by atoms with van der Waals surface area (Å²) >= 11 is 0. The second-order valence-electron chi connectivity index (χ2n) is 6.35. The molecule has 0 bridgehead atoms. The van der Waals surface area contributed by atoms with E-state index in [2.05, 4.69) is 38.2 Å². The van der Waals surface area contributed by atoms with E-state index in [-0.39, 0.29) is 23.6 Å². The van der Waals surface area contributed by atoms with Gasteiger partial charge in [0.15, 0.2) is 0 Å². The highest BCUT2D eigenvalue weighted by Gasteiger charge is 2.44. The molecule has 0 aromatic rings. The third-order valence-corrected chi connectivity index (χ3v) is 4.27. The summed E-state index contributed by atoms with van der Waals surface area (Å²) in [5.74, 6) is 0.381. The number of likely N-dealkylation sites (N-methyl/N-ethyl adjacent to an activating group) is 1. The molecule has 112 valence electrons. The van der Waals surface area contributed by atoms with Crippen molar-refractivity contribution in [2.45, 2.75) is 64.3 Å². The number of hydrogen-bond donors (Lipinski definition) is 3. The molecule has 6 heteroatoms. The lowest BCUT2D eigenvalue weighted by Crippen LogP contribution is -2.54. The Hall–Kier alpha value is -0.585. The molecule has 5 nitrogen and oxygen atoms in total. The molecule has 19 heavy (non-hydrogen) atoms. The molecule has 1 heterocycles. The Morgan fingerprint density at radius 2 is 1.95 bits per heavy atom. The van der Waals surface area contributed by atoms with Crippen molar-refractivity contribution in [2.24, 2.45) is 0 Å². The van der Waals surface area contributed by atoms with Crippen LogP contribution in [0.5, 0.6) is 0 Å². The van der Waals surface area contributed by atoms with Crippen LogP contribution in [-0.2, 0) is 9.45 Å². The van der Waals surface area contributed by atoms with Gasteiger partial charge >= 0.3 is 0 Å². The quantitative estimate of drug-likeness (QED) is 0.605. The summed E-state index contributed by atoms with van der Waals surface area (Å²) in [5.41, 5.74) is 0. The lowest BCUT2D eigenvalue weighted by molar-refractivity contribution is -0.134. The Kier molecular flexibility index (Phi) is 5.83. The third kappa shape index (κ3) is 3.71. The van der Waals surface area contributed by atoms with E-state index in [1.54, 1.807) is 7.05 Å².